The van der Waals surface area contributed by atoms with Gasteiger partial charge in [0.2, 0.25) is 5.91 Å². The van der Waals surface area contributed by atoms with Crippen LogP contribution in [0.4, 0.5) is 0 Å². The van der Waals surface area contributed by atoms with Gasteiger partial charge in [0, 0.05) is 26.1 Å². The van der Waals surface area contributed by atoms with Crippen molar-refractivity contribution in [3.8, 4) is 0 Å². The second-order valence-corrected chi connectivity index (χ2v) is 7.87. The Morgan fingerprint density at radius 2 is 1.72 bits per heavy atom. The first kappa shape index (κ1) is 16.6. The van der Waals surface area contributed by atoms with E-state index >= 15 is 0 Å². The number of carbonyl (C=O) groups is 1. The molecule has 0 saturated carbocycles. The highest BCUT2D eigenvalue weighted by molar-refractivity contribution is 8.00. The second kappa shape index (κ2) is 7.60. The summed E-state index contributed by atoms with van der Waals surface area (Å²) in [7, 11) is 0. The van der Waals surface area contributed by atoms with Gasteiger partial charge < -0.3 is 9.47 Å². The summed E-state index contributed by atoms with van der Waals surface area (Å²) in [5.41, 5.74) is 1.05. The van der Waals surface area contributed by atoms with Crippen molar-refractivity contribution in [2.24, 2.45) is 0 Å². The minimum atomic E-state index is -0.240. The molecule has 1 saturated heterocycles. The van der Waals surface area contributed by atoms with Gasteiger partial charge in [-0.2, -0.15) is 0 Å². The maximum atomic E-state index is 13.2. The van der Waals surface area contributed by atoms with Gasteiger partial charge in [-0.1, -0.05) is 48.5 Å². The molecule has 0 N–H and O–H groups in total. The Hall–Kier alpha value is -1.82. The molecule has 2 aliphatic heterocycles. The number of aromatic nitrogens is 3. The average Bonchev–Trinajstić information content (AvgIpc) is 3.25. The number of aryl methyl sites for hydroxylation is 1. The molecule has 3 heterocycles. The van der Waals surface area contributed by atoms with Crippen LogP contribution in [0.2, 0.25) is 0 Å². The lowest BCUT2D eigenvalue weighted by molar-refractivity contribution is -0.129. The number of hydrogen-bond donors (Lipinski definition) is 0. The fourth-order valence-corrected chi connectivity index (χ4v) is 4.81. The molecule has 1 fully saturated rings. The molecule has 0 bridgehead atoms. The van der Waals surface area contributed by atoms with Crippen molar-refractivity contribution in [3.05, 3.63) is 41.7 Å². The third kappa shape index (κ3) is 3.59. The van der Waals surface area contributed by atoms with Gasteiger partial charge in [-0.3, -0.25) is 4.79 Å². The van der Waals surface area contributed by atoms with E-state index in [1.165, 1.54) is 12.8 Å². The SMILES string of the molecule is O=C(C(Sc1nnc2n1CCCCC2)c1ccccc1)N1CCCC1. The van der Waals surface area contributed by atoms with Gasteiger partial charge in [-0.15, -0.1) is 10.2 Å². The molecule has 4 rings (SSSR count). The molecular weight excluding hydrogens is 332 g/mol. The molecule has 2 aliphatic rings. The molecule has 1 amide bonds. The molecule has 2 aromatic rings. The number of amides is 1. The first-order chi connectivity index (χ1) is 12.3. The van der Waals surface area contributed by atoms with E-state index in [9.17, 15) is 4.79 Å². The van der Waals surface area contributed by atoms with Gasteiger partial charge in [-0.25, -0.2) is 0 Å². The van der Waals surface area contributed by atoms with Gasteiger partial charge in [0.25, 0.3) is 0 Å². The zero-order valence-corrected chi connectivity index (χ0v) is 15.2. The average molecular weight is 356 g/mol. The number of likely N-dealkylation sites (tertiary alicyclic amines) is 1. The topological polar surface area (TPSA) is 51.0 Å². The predicted molar refractivity (Wildman–Crippen MR) is 98.4 cm³/mol. The summed E-state index contributed by atoms with van der Waals surface area (Å²) in [4.78, 5) is 15.2. The third-order valence-corrected chi connectivity index (χ3v) is 6.27. The Morgan fingerprint density at radius 3 is 2.52 bits per heavy atom. The highest BCUT2D eigenvalue weighted by atomic mass is 32.2. The normalized spacial score (nSPS) is 18.6. The Morgan fingerprint density at radius 1 is 0.960 bits per heavy atom. The number of hydrogen-bond acceptors (Lipinski definition) is 4. The molecular formula is C19H24N4OS. The van der Waals surface area contributed by atoms with E-state index < -0.39 is 0 Å². The summed E-state index contributed by atoms with van der Waals surface area (Å²) < 4.78 is 2.23. The number of rotatable bonds is 4. The van der Waals surface area contributed by atoms with E-state index in [0.717, 1.165) is 61.9 Å². The van der Waals surface area contributed by atoms with Crippen LogP contribution in [0.3, 0.4) is 0 Å². The molecule has 0 spiro atoms. The van der Waals surface area contributed by atoms with Crippen LogP contribution in [0.1, 0.15) is 48.7 Å². The van der Waals surface area contributed by atoms with Crippen molar-refractivity contribution < 1.29 is 4.79 Å². The van der Waals surface area contributed by atoms with Gasteiger partial charge in [-0.05, 0) is 31.2 Å². The summed E-state index contributed by atoms with van der Waals surface area (Å²) in [6.07, 6.45) is 6.79. The van der Waals surface area contributed by atoms with Gasteiger partial charge in [0.15, 0.2) is 5.16 Å². The van der Waals surface area contributed by atoms with Crippen molar-refractivity contribution in [3.63, 3.8) is 0 Å². The zero-order chi connectivity index (χ0) is 17.1. The van der Waals surface area contributed by atoms with Crippen LogP contribution >= 0.6 is 11.8 Å². The van der Waals surface area contributed by atoms with E-state index in [0.29, 0.717) is 0 Å². The van der Waals surface area contributed by atoms with Crippen LogP contribution in [0.25, 0.3) is 0 Å². The largest absolute Gasteiger partial charge is 0.341 e. The number of fused-ring (bicyclic) bond motifs is 1. The molecule has 1 atom stereocenters. The van der Waals surface area contributed by atoms with Crippen molar-refractivity contribution in [1.82, 2.24) is 19.7 Å². The minimum absolute atomic E-state index is 0.208. The van der Waals surface area contributed by atoms with Gasteiger partial charge in [0.1, 0.15) is 11.1 Å². The van der Waals surface area contributed by atoms with Crippen LogP contribution in [0.5, 0.6) is 0 Å². The first-order valence-corrected chi connectivity index (χ1v) is 10.1. The summed E-state index contributed by atoms with van der Waals surface area (Å²) >= 11 is 1.57. The fourth-order valence-electron chi connectivity index (χ4n) is 3.64. The van der Waals surface area contributed by atoms with Crippen LogP contribution in [-0.2, 0) is 17.8 Å². The van der Waals surface area contributed by atoms with Crippen LogP contribution in [-0.4, -0.2) is 38.7 Å². The molecule has 132 valence electrons. The first-order valence-electron chi connectivity index (χ1n) is 9.25. The van der Waals surface area contributed by atoms with Crippen molar-refractivity contribution in [2.75, 3.05) is 13.1 Å². The standard InChI is InChI=1S/C19H24N4OS/c24-18(22-12-7-8-13-22)17(15-9-3-1-4-10-15)25-19-21-20-16-11-5-2-6-14-23(16)19/h1,3-4,9-10,17H,2,5-8,11-14H2. The molecule has 1 unspecified atom stereocenters. The molecule has 1 aromatic heterocycles. The monoisotopic (exact) mass is 356 g/mol. The molecule has 0 radical (unpaired) electrons. The highest BCUT2D eigenvalue weighted by Gasteiger charge is 2.30. The number of carbonyl (C=O) groups excluding carboxylic acids is 1. The predicted octanol–water partition coefficient (Wildman–Crippen LogP) is 3.46. The lowest BCUT2D eigenvalue weighted by Crippen LogP contribution is -2.31. The van der Waals surface area contributed by atoms with E-state index in [4.69, 9.17) is 0 Å². The Labute approximate surface area is 152 Å². The van der Waals surface area contributed by atoms with Gasteiger partial charge >= 0.3 is 0 Å². The smallest absolute Gasteiger partial charge is 0.240 e. The van der Waals surface area contributed by atoms with E-state index in [-0.39, 0.29) is 11.2 Å². The minimum Gasteiger partial charge on any atom is -0.341 e. The maximum absolute atomic E-state index is 13.2. The Bertz CT molecular complexity index is 724. The van der Waals surface area contributed by atoms with E-state index in [2.05, 4.69) is 14.8 Å². The fraction of sp³-hybridized carbons (Fsp3) is 0.526. The lowest BCUT2D eigenvalue weighted by atomic mass is 10.1. The zero-order valence-electron chi connectivity index (χ0n) is 14.4. The summed E-state index contributed by atoms with van der Waals surface area (Å²) in [6.45, 7) is 2.71. The third-order valence-electron chi connectivity index (χ3n) is 5.04. The number of benzene rings is 1. The second-order valence-electron chi connectivity index (χ2n) is 6.80. The molecule has 1 aromatic carbocycles. The molecule has 25 heavy (non-hydrogen) atoms. The molecule has 5 nitrogen and oxygen atoms in total. The van der Waals surface area contributed by atoms with Crippen molar-refractivity contribution in [2.45, 2.75) is 55.5 Å². The lowest BCUT2D eigenvalue weighted by Gasteiger charge is -2.23. The van der Waals surface area contributed by atoms with E-state index in [1.54, 1.807) is 11.8 Å². The number of nitrogens with zero attached hydrogens (tertiary/aromatic N) is 4. The highest BCUT2D eigenvalue weighted by Crippen LogP contribution is 2.37. The Kier molecular flexibility index (Phi) is 5.06. The Balaban J connectivity index is 1.62. The molecule has 0 aliphatic carbocycles. The van der Waals surface area contributed by atoms with Crippen molar-refractivity contribution in [1.29, 1.82) is 0 Å². The van der Waals surface area contributed by atoms with Gasteiger partial charge in [0.05, 0.1) is 0 Å². The van der Waals surface area contributed by atoms with Crippen LogP contribution in [0.15, 0.2) is 35.5 Å². The summed E-state index contributed by atoms with van der Waals surface area (Å²) in [5, 5.41) is 9.45. The molecule has 6 heteroatoms. The summed E-state index contributed by atoms with van der Waals surface area (Å²) in [6, 6.07) is 10.1. The maximum Gasteiger partial charge on any atom is 0.240 e. The van der Waals surface area contributed by atoms with Crippen LogP contribution < -0.4 is 0 Å². The number of thioether (sulfide) groups is 1. The van der Waals surface area contributed by atoms with Crippen molar-refractivity contribution >= 4 is 17.7 Å². The quantitative estimate of drug-likeness (QED) is 0.787. The van der Waals surface area contributed by atoms with E-state index in [1.807, 2.05) is 35.2 Å². The van der Waals surface area contributed by atoms with Crippen LogP contribution in [0, 0.1) is 0 Å². The summed E-state index contributed by atoms with van der Waals surface area (Å²) in [5.74, 6) is 1.28.